The van der Waals surface area contributed by atoms with Crippen molar-refractivity contribution in [3.63, 3.8) is 0 Å². The highest BCUT2D eigenvalue weighted by atomic mass is 79.9. The number of hydrogen-bond donors (Lipinski definition) is 1. The van der Waals surface area contributed by atoms with Gasteiger partial charge in [0, 0.05) is 22.3 Å². The molecule has 0 radical (unpaired) electrons. The summed E-state index contributed by atoms with van der Waals surface area (Å²) in [6.45, 7) is 0.915. The standard InChI is InChI=1S/C13H17BrClNS/c1-17-11-4-3-10(7-11)16-8-9-2-5-12(14)13(15)6-9/h2,5-6,10-11,16H,3-4,7-8H2,1H3. The van der Waals surface area contributed by atoms with Crippen LogP contribution in [0, 0.1) is 0 Å². The van der Waals surface area contributed by atoms with Gasteiger partial charge in [0.1, 0.15) is 0 Å². The van der Waals surface area contributed by atoms with Gasteiger partial charge in [-0.2, -0.15) is 11.8 Å². The van der Waals surface area contributed by atoms with Crippen molar-refractivity contribution in [1.82, 2.24) is 5.32 Å². The van der Waals surface area contributed by atoms with Gasteiger partial charge in [-0.1, -0.05) is 17.7 Å². The SMILES string of the molecule is CSC1CCC(NCc2ccc(Br)c(Cl)c2)C1. The van der Waals surface area contributed by atoms with Crippen molar-refractivity contribution in [2.75, 3.05) is 6.26 Å². The van der Waals surface area contributed by atoms with Crippen molar-refractivity contribution in [2.24, 2.45) is 0 Å². The molecule has 2 rings (SSSR count). The maximum Gasteiger partial charge on any atom is 0.0551 e. The van der Waals surface area contributed by atoms with E-state index in [4.69, 9.17) is 11.6 Å². The number of rotatable bonds is 4. The highest BCUT2D eigenvalue weighted by Crippen LogP contribution is 2.28. The van der Waals surface area contributed by atoms with Crippen LogP contribution in [0.15, 0.2) is 22.7 Å². The normalized spacial score (nSPS) is 24.2. The van der Waals surface area contributed by atoms with Gasteiger partial charge >= 0.3 is 0 Å². The third kappa shape index (κ3) is 3.88. The Morgan fingerprint density at radius 1 is 1.47 bits per heavy atom. The summed E-state index contributed by atoms with van der Waals surface area (Å²) in [4.78, 5) is 0. The molecule has 1 nitrogen and oxygen atoms in total. The van der Waals surface area contributed by atoms with E-state index in [9.17, 15) is 0 Å². The summed E-state index contributed by atoms with van der Waals surface area (Å²) in [7, 11) is 0. The molecule has 4 heteroatoms. The molecule has 1 aromatic rings. The summed E-state index contributed by atoms with van der Waals surface area (Å²) in [5, 5.41) is 5.26. The molecule has 1 aromatic carbocycles. The fourth-order valence-corrected chi connectivity index (χ4v) is 3.50. The highest BCUT2D eigenvalue weighted by Gasteiger charge is 2.23. The maximum absolute atomic E-state index is 6.08. The minimum absolute atomic E-state index is 0.676. The zero-order chi connectivity index (χ0) is 12.3. The van der Waals surface area contributed by atoms with Gasteiger partial charge in [0.05, 0.1) is 5.02 Å². The smallest absolute Gasteiger partial charge is 0.0551 e. The summed E-state index contributed by atoms with van der Waals surface area (Å²) in [6.07, 6.45) is 6.16. The molecular formula is C13H17BrClNS. The van der Waals surface area contributed by atoms with Crippen molar-refractivity contribution in [3.8, 4) is 0 Å². The lowest BCUT2D eigenvalue weighted by Gasteiger charge is -2.13. The van der Waals surface area contributed by atoms with E-state index >= 15 is 0 Å². The molecule has 1 aliphatic carbocycles. The number of nitrogens with one attached hydrogen (secondary N) is 1. The first-order valence-electron chi connectivity index (χ1n) is 5.89. The fourth-order valence-electron chi connectivity index (χ4n) is 2.25. The Morgan fingerprint density at radius 2 is 2.29 bits per heavy atom. The first-order chi connectivity index (χ1) is 8.19. The Labute approximate surface area is 121 Å². The van der Waals surface area contributed by atoms with E-state index in [1.54, 1.807) is 0 Å². The molecular weight excluding hydrogens is 318 g/mol. The Kier molecular flexibility index (Phi) is 5.22. The molecule has 2 unspecified atom stereocenters. The van der Waals surface area contributed by atoms with Crippen LogP contribution in [0.5, 0.6) is 0 Å². The second-order valence-corrected chi connectivity index (χ2v) is 6.90. The van der Waals surface area contributed by atoms with Crippen LogP contribution in [-0.2, 0) is 6.54 Å². The summed E-state index contributed by atoms with van der Waals surface area (Å²) < 4.78 is 0.964. The van der Waals surface area contributed by atoms with E-state index in [-0.39, 0.29) is 0 Å². The summed E-state index contributed by atoms with van der Waals surface area (Å²) in [5.41, 5.74) is 1.26. The van der Waals surface area contributed by atoms with E-state index in [0.717, 1.165) is 21.3 Å². The molecule has 1 fully saturated rings. The lowest BCUT2D eigenvalue weighted by atomic mass is 10.2. The van der Waals surface area contributed by atoms with Gasteiger partial charge < -0.3 is 5.32 Å². The summed E-state index contributed by atoms with van der Waals surface area (Å²) >= 11 is 11.5. The minimum atomic E-state index is 0.676. The van der Waals surface area contributed by atoms with Crippen LogP contribution in [0.3, 0.4) is 0 Å². The van der Waals surface area contributed by atoms with Gasteiger partial charge in [-0.05, 0) is 59.1 Å². The minimum Gasteiger partial charge on any atom is -0.310 e. The van der Waals surface area contributed by atoms with Crippen LogP contribution in [0.25, 0.3) is 0 Å². The number of halogens is 2. The quantitative estimate of drug-likeness (QED) is 0.871. The monoisotopic (exact) mass is 333 g/mol. The van der Waals surface area contributed by atoms with Gasteiger partial charge in [0.15, 0.2) is 0 Å². The molecule has 1 saturated carbocycles. The Balaban J connectivity index is 1.84. The average molecular weight is 335 g/mol. The van der Waals surface area contributed by atoms with Gasteiger partial charge in [-0.25, -0.2) is 0 Å². The van der Waals surface area contributed by atoms with Crippen molar-refractivity contribution in [3.05, 3.63) is 33.3 Å². The van der Waals surface area contributed by atoms with Crippen LogP contribution < -0.4 is 5.32 Å². The van der Waals surface area contributed by atoms with E-state index < -0.39 is 0 Å². The molecule has 1 aliphatic rings. The first kappa shape index (κ1) is 13.7. The number of benzene rings is 1. The molecule has 94 valence electrons. The largest absolute Gasteiger partial charge is 0.310 e. The number of hydrogen-bond acceptors (Lipinski definition) is 2. The van der Waals surface area contributed by atoms with Crippen LogP contribution >= 0.6 is 39.3 Å². The maximum atomic E-state index is 6.08. The van der Waals surface area contributed by atoms with E-state index in [2.05, 4.69) is 33.6 Å². The van der Waals surface area contributed by atoms with Crippen molar-refractivity contribution in [2.45, 2.75) is 37.1 Å². The number of thioether (sulfide) groups is 1. The fraction of sp³-hybridized carbons (Fsp3) is 0.538. The van der Waals surface area contributed by atoms with E-state index in [1.807, 2.05) is 23.9 Å². The second kappa shape index (κ2) is 6.46. The molecule has 0 heterocycles. The second-order valence-electron chi connectivity index (χ2n) is 4.50. The predicted octanol–water partition coefficient (Wildman–Crippen LogP) is 4.48. The highest BCUT2D eigenvalue weighted by molar-refractivity contribution is 9.10. The third-order valence-corrected chi connectivity index (χ3v) is 5.62. The van der Waals surface area contributed by atoms with Crippen LogP contribution in [0.4, 0.5) is 0 Å². The molecule has 1 N–H and O–H groups in total. The predicted molar refractivity (Wildman–Crippen MR) is 80.9 cm³/mol. The lowest BCUT2D eigenvalue weighted by molar-refractivity contribution is 0.525. The summed E-state index contributed by atoms with van der Waals surface area (Å²) in [5.74, 6) is 0. The van der Waals surface area contributed by atoms with Gasteiger partial charge in [0.2, 0.25) is 0 Å². The molecule has 0 amide bonds. The first-order valence-corrected chi connectivity index (χ1v) is 8.35. The molecule has 0 aliphatic heterocycles. The molecule has 0 spiro atoms. The molecule has 0 aromatic heterocycles. The third-order valence-electron chi connectivity index (χ3n) is 3.30. The van der Waals surface area contributed by atoms with Crippen LogP contribution in [0.1, 0.15) is 24.8 Å². The zero-order valence-electron chi connectivity index (χ0n) is 9.88. The van der Waals surface area contributed by atoms with Gasteiger partial charge in [0.25, 0.3) is 0 Å². The zero-order valence-corrected chi connectivity index (χ0v) is 13.0. The Hall–Kier alpha value is 0.300. The van der Waals surface area contributed by atoms with Crippen LogP contribution in [-0.4, -0.2) is 17.5 Å². The van der Waals surface area contributed by atoms with Crippen LogP contribution in [0.2, 0.25) is 5.02 Å². The van der Waals surface area contributed by atoms with Gasteiger partial charge in [-0.15, -0.1) is 0 Å². The van der Waals surface area contributed by atoms with Crippen molar-refractivity contribution >= 4 is 39.3 Å². The topological polar surface area (TPSA) is 12.0 Å². The molecule has 17 heavy (non-hydrogen) atoms. The Morgan fingerprint density at radius 3 is 2.94 bits per heavy atom. The Bertz CT molecular complexity index is 386. The van der Waals surface area contributed by atoms with Gasteiger partial charge in [-0.3, -0.25) is 0 Å². The molecule has 2 atom stereocenters. The summed E-state index contributed by atoms with van der Waals surface area (Å²) in [6, 6.07) is 6.83. The van der Waals surface area contributed by atoms with Crippen molar-refractivity contribution in [1.29, 1.82) is 0 Å². The molecule has 0 saturated heterocycles. The lowest BCUT2D eigenvalue weighted by Crippen LogP contribution is -2.26. The van der Waals surface area contributed by atoms with E-state index in [1.165, 1.54) is 24.8 Å². The van der Waals surface area contributed by atoms with Crippen molar-refractivity contribution < 1.29 is 0 Å². The average Bonchev–Trinajstić information content (AvgIpc) is 2.79. The van der Waals surface area contributed by atoms with E-state index in [0.29, 0.717) is 6.04 Å². The molecule has 0 bridgehead atoms.